The number of nitrogens with zero attached hydrogens (tertiary/aromatic N) is 4. The largest absolute Gasteiger partial charge is 0.377 e. The first kappa shape index (κ1) is 24.1. The van der Waals surface area contributed by atoms with E-state index in [9.17, 15) is 19.7 Å². The molecule has 1 aromatic heterocycles. The standard InChI is InChI=1S/C24H28N4O5/c1-4-26(14-11-18-9-12-25-13-10-18)22-21(19-5-7-20(8-6-19)28(31)32)23(29)27(24(22)30)15-16-33-17(2)3/h5-10,12-13,17H,4,11,14-16H2,1-3H3. The maximum absolute atomic E-state index is 13.4. The molecule has 3 rings (SSSR count). The Bertz CT molecular complexity index is 1030. The molecule has 33 heavy (non-hydrogen) atoms. The third-order valence-electron chi connectivity index (χ3n) is 5.39. The number of aromatic nitrogens is 1. The highest BCUT2D eigenvalue weighted by Crippen LogP contribution is 2.32. The first-order valence-corrected chi connectivity index (χ1v) is 10.9. The van der Waals surface area contributed by atoms with Crippen molar-refractivity contribution in [2.45, 2.75) is 33.3 Å². The molecule has 174 valence electrons. The van der Waals surface area contributed by atoms with E-state index in [1.165, 1.54) is 29.2 Å². The molecule has 2 aromatic rings. The van der Waals surface area contributed by atoms with Crippen LogP contribution in [0.1, 0.15) is 31.9 Å². The summed E-state index contributed by atoms with van der Waals surface area (Å²) in [6.07, 6.45) is 4.08. The Labute approximate surface area is 192 Å². The number of carbonyl (C=O) groups is 2. The van der Waals surface area contributed by atoms with E-state index in [-0.39, 0.29) is 36.4 Å². The van der Waals surface area contributed by atoms with E-state index in [0.29, 0.717) is 30.8 Å². The number of rotatable bonds is 11. The molecule has 1 aromatic carbocycles. The third kappa shape index (κ3) is 5.61. The van der Waals surface area contributed by atoms with Crippen molar-refractivity contribution in [3.63, 3.8) is 0 Å². The van der Waals surface area contributed by atoms with E-state index in [2.05, 4.69) is 4.98 Å². The highest BCUT2D eigenvalue weighted by molar-refractivity contribution is 6.35. The van der Waals surface area contributed by atoms with Gasteiger partial charge in [0.05, 0.1) is 29.8 Å². The molecule has 2 amide bonds. The van der Waals surface area contributed by atoms with Crippen molar-refractivity contribution >= 4 is 23.1 Å². The van der Waals surface area contributed by atoms with Gasteiger partial charge in [0.2, 0.25) is 0 Å². The van der Waals surface area contributed by atoms with Gasteiger partial charge in [0.15, 0.2) is 0 Å². The highest BCUT2D eigenvalue weighted by Gasteiger charge is 2.41. The second kappa shape index (κ2) is 10.8. The molecule has 0 atom stereocenters. The normalized spacial score (nSPS) is 13.9. The summed E-state index contributed by atoms with van der Waals surface area (Å²) in [5.41, 5.74) is 2.04. The first-order valence-electron chi connectivity index (χ1n) is 10.9. The molecule has 9 heteroatoms. The van der Waals surface area contributed by atoms with E-state index in [0.717, 1.165) is 5.56 Å². The van der Waals surface area contributed by atoms with Crippen LogP contribution in [0.25, 0.3) is 5.57 Å². The maximum atomic E-state index is 13.4. The van der Waals surface area contributed by atoms with Gasteiger partial charge in [0, 0.05) is 37.6 Å². The van der Waals surface area contributed by atoms with E-state index in [4.69, 9.17) is 4.74 Å². The molecule has 9 nitrogen and oxygen atoms in total. The fourth-order valence-corrected chi connectivity index (χ4v) is 3.69. The smallest absolute Gasteiger partial charge is 0.277 e. The molecule has 0 saturated carbocycles. The van der Waals surface area contributed by atoms with Crippen LogP contribution in [0, 0.1) is 10.1 Å². The minimum atomic E-state index is -0.497. The molecule has 0 saturated heterocycles. The van der Waals surface area contributed by atoms with Crippen LogP contribution in [0.4, 0.5) is 5.69 Å². The van der Waals surface area contributed by atoms with Crippen LogP contribution in [-0.2, 0) is 20.7 Å². The summed E-state index contributed by atoms with van der Waals surface area (Å²) in [5, 5.41) is 11.1. The van der Waals surface area contributed by atoms with Gasteiger partial charge in [0.1, 0.15) is 5.70 Å². The second-order valence-corrected chi connectivity index (χ2v) is 7.89. The Morgan fingerprint density at radius 2 is 1.76 bits per heavy atom. The van der Waals surface area contributed by atoms with E-state index in [1.54, 1.807) is 12.4 Å². The zero-order valence-electron chi connectivity index (χ0n) is 19.1. The van der Waals surface area contributed by atoms with Crippen molar-refractivity contribution < 1.29 is 19.2 Å². The molecule has 0 fully saturated rings. The van der Waals surface area contributed by atoms with Crippen molar-refractivity contribution in [1.82, 2.24) is 14.8 Å². The Morgan fingerprint density at radius 3 is 2.33 bits per heavy atom. The van der Waals surface area contributed by atoms with Gasteiger partial charge >= 0.3 is 0 Å². The van der Waals surface area contributed by atoms with Crippen LogP contribution < -0.4 is 0 Å². The van der Waals surface area contributed by atoms with Crippen LogP contribution in [0.15, 0.2) is 54.5 Å². The number of benzene rings is 1. The lowest BCUT2D eigenvalue weighted by molar-refractivity contribution is -0.384. The van der Waals surface area contributed by atoms with Gasteiger partial charge in [-0.25, -0.2) is 0 Å². The topological polar surface area (TPSA) is 106 Å². The Hall–Kier alpha value is -3.59. The zero-order valence-corrected chi connectivity index (χ0v) is 19.1. The molecular formula is C24H28N4O5. The quantitative estimate of drug-likeness (QED) is 0.293. The number of non-ortho nitro benzene ring substituents is 1. The fraction of sp³-hybridized carbons (Fsp3) is 0.375. The van der Waals surface area contributed by atoms with Crippen LogP contribution >= 0.6 is 0 Å². The number of pyridine rings is 1. The van der Waals surface area contributed by atoms with Gasteiger partial charge in [-0.3, -0.25) is 29.6 Å². The van der Waals surface area contributed by atoms with Crippen LogP contribution in [0.3, 0.4) is 0 Å². The molecule has 0 N–H and O–H groups in total. The number of ether oxygens (including phenoxy) is 1. The summed E-state index contributed by atoms with van der Waals surface area (Å²) < 4.78 is 5.55. The van der Waals surface area contributed by atoms with E-state index >= 15 is 0 Å². The van der Waals surface area contributed by atoms with Crippen molar-refractivity contribution in [2.24, 2.45) is 0 Å². The number of nitro benzene ring substituents is 1. The third-order valence-corrected chi connectivity index (χ3v) is 5.39. The molecule has 1 aliphatic rings. The average molecular weight is 453 g/mol. The summed E-state index contributed by atoms with van der Waals surface area (Å²) >= 11 is 0. The molecule has 2 heterocycles. The molecule has 1 aliphatic heterocycles. The van der Waals surface area contributed by atoms with Gasteiger partial charge in [-0.05, 0) is 62.6 Å². The van der Waals surface area contributed by atoms with Gasteiger partial charge in [-0.1, -0.05) is 0 Å². The molecule has 0 spiro atoms. The summed E-state index contributed by atoms with van der Waals surface area (Å²) in [6.45, 7) is 7.12. The van der Waals surface area contributed by atoms with Crippen LogP contribution in [0.5, 0.6) is 0 Å². The summed E-state index contributed by atoms with van der Waals surface area (Å²) in [5.74, 6) is -0.796. The second-order valence-electron chi connectivity index (χ2n) is 7.89. The van der Waals surface area contributed by atoms with Gasteiger partial charge < -0.3 is 9.64 Å². The number of imide groups is 1. The van der Waals surface area contributed by atoms with Crippen molar-refractivity contribution in [1.29, 1.82) is 0 Å². The number of hydrogen-bond acceptors (Lipinski definition) is 7. The Balaban J connectivity index is 1.95. The Morgan fingerprint density at radius 1 is 1.09 bits per heavy atom. The van der Waals surface area contributed by atoms with E-state index in [1.807, 2.05) is 37.8 Å². The molecule has 0 unspecified atom stereocenters. The van der Waals surface area contributed by atoms with Crippen molar-refractivity contribution in [3.05, 3.63) is 75.7 Å². The average Bonchev–Trinajstić information content (AvgIpc) is 3.05. The number of amides is 2. The number of hydrogen-bond donors (Lipinski definition) is 0. The van der Waals surface area contributed by atoms with E-state index < -0.39 is 10.8 Å². The minimum Gasteiger partial charge on any atom is -0.377 e. The minimum absolute atomic E-state index is 0.0214. The Kier molecular flexibility index (Phi) is 7.89. The van der Waals surface area contributed by atoms with Crippen molar-refractivity contribution in [3.8, 4) is 0 Å². The first-order chi connectivity index (χ1) is 15.8. The van der Waals surface area contributed by atoms with Gasteiger partial charge in [-0.15, -0.1) is 0 Å². The number of carbonyl (C=O) groups excluding carboxylic acids is 2. The molecule has 0 radical (unpaired) electrons. The van der Waals surface area contributed by atoms with Gasteiger partial charge in [-0.2, -0.15) is 0 Å². The summed E-state index contributed by atoms with van der Waals surface area (Å²) in [7, 11) is 0. The lowest BCUT2D eigenvalue weighted by Crippen LogP contribution is -2.38. The zero-order chi connectivity index (χ0) is 24.0. The molecule has 0 aliphatic carbocycles. The highest BCUT2D eigenvalue weighted by atomic mass is 16.6. The van der Waals surface area contributed by atoms with Crippen LogP contribution in [0.2, 0.25) is 0 Å². The van der Waals surface area contributed by atoms with Gasteiger partial charge in [0.25, 0.3) is 17.5 Å². The summed E-state index contributed by atoms with van der Waals surface area (Å²) in [6, 6.07) is 9.55. The van der Waals surface area contributed by atoms with Crippen molar-refractivity contribution in [2.75, 3.05) is 26.2 Å². The van der Waals surface area contributed by atoms with Crippen LogP contribution in [-0.4, -0.2) is 63.9 Å². The summed E-state index contributed by atoms with van der Waals surface area (Å²) in [4.78, 5) is 44.4. The molecular weight excluding hydrogens is 424 g/mol. The lowest BCUT2D eigenvalue weighted by Gasteiger charge is -2.25. The lowest BCUT2D eigenvalue weighted by atomic mass is 10.0. The fourth-order valence-electron chi connectivity index (χ4n) is 3.69. The number of nitro groups is 1. The SMILES string of the molecule is CCN(CCc1ccncc1)C1=C(c2ccc([N+](=O)[O-])cc2)C(=O)N(CCOC(C)C)C1=O. The maximum Gasteiger partial charge on any atom is 0.277 e. The molecule has 0 bridgehead atoms. The predicted molar refractivity (Wildman–Crippen MR) is 123 cm³/mol. The monoisotopic (exact) mass is 452 g/mol. The predicted octanol–water partition coefficient (Wildman–Crippen LogP) is 3.06. The number of likely N-dealkylation sites (N-methyl/N-ethyl adjacent to an activating group) is 1.